The first-order valence-corrected chi connectivity index (χ1v) is 8.07. The first kappa shape index (κ1) is 17.7. The number of carbonyl (C=O) groups excluding carboxylic acids is 1. The van der Waals surface area contributed by atoms with E-state index in [1.807, 2.05) is 24.3 Å². The number of cyclic esters (lactones) is 1. The number of ether oxygens (including phenoxy) is 3. The highest BCUT2D eigenvalue weighted by Crippen LogP contribution is 2.23. The Kier molecular flexibility index (Phi) is 5.31. The number of rotatable bonds is 6. The molecule has 1 aliphatic heterocycles. The van der Waals surface area contributed by atoms with Gasteiger partial charge >= 0.3 is 5.97 Å². The van der Waals surface area contributed by atoms with Gasteiger partial charge in [-0.3, -0.25) is 0 Å². The summed E-state index contributed by atoms with van der Waals surface area (Å²) >= 11 is 0. The molecule has 0 aromatic heterocycles. The second-order valence-electron chi connectivity index (χ2n) is 5.63. The monoisotopic (exact) mass is 355 g/mol. The zero-order valence-electron chi connectivity index (χ0n) is 14.5. The van der Waals surface area contributed by atoms with Crippen molar-refractivity contribution in [2.24, 2.45) is 4.99 Å². The quantitative estimate of drug-likeness (QED) is 0.585. The summed E-state index contributed by atoms with van der Waals surface area (Å²) in [5.74, 6) is 0.204. The van der Waals surface area contributed by atoms with Gasteiger partial charge in [-0.1, -0.05) is 24.3 Å². The summed E-state index contributed by atoms with van der Waals surface area (Å²) in [6.07, 6.45) is 2.57. The molecule has 0 fully saturated rings. The zero-order valence-corrected chi connectivity index (χ0v) is 14.5. The second-order valence-corrected chi connectivity index (χ2v) is 5.63. The first-order valence-electron chi connectivity index (χ1n) is 8.07. The van der Waals surface area contributed by atoms with E-state index in [1.165, 1.54) is 25.3 Å². The molecule has 0 unspecified atom stereocenters. The van der Waals surface area contributed by atoms with Gasteiger partial charge in [-0.2, -0.15) is 0 Å². The number of halogens is 1. The van der Waals surface area contributed by atoms with Crippen LogP contribution in [0.5, 0.6) is 11.5 Å². The molecule has 5 nitrogen and oxygen atoms in total. The lowest BCUT2D eigenvalue weighted by atomic mass is 10.1. The predicted octanol–water partition coefficient (Wildman–Crippen LogP) is 3.77. The number of para-hydroxylation sites is 1. The molecule has 0 saturated heterocycles. The summed E-state index contributed by atoms with van der Waals surface area (Å²) in [4.78, 5) is 16.2. The van der Waals surface area contributed by atoms with Crippen molar-refractivity contribution < 1.29 is 23.4 Å². The van der Waals surface area contributed by atoms with Crippen molar-refractivity contribution in [1.29, 1.82) is 0 Å². The third-order valence-electron chi connectivity index (χ3n) is 3.94. The fraction of sp³-hybridized carbons (Fsp3) is 0.200. The van der Waals surface area contributed by atoms with E-state index in [0.29, 0.717) is 24.3 Å². The lowest BCUT2D eigenvalue weighted by Gasteiger charge is -2.07. The van der Waals surface area contributed by atoms with Gasteiger partial charge in [0.05, 0.1) is 14.2 Å². The molecule has 2 aromatic rings. The van der Waals surface area contributed by atoms with E-state index in [9.17, 15) is 9.18 Å². The van der Waals surface area contributed by atoms with Crippen LogP contribution in [0.25, 0.3) is 6.08 Å². The summed E-state index contributed by atoms with van der Waals surface area (Å²) < 4.78 is 29.1. The van der Waals surface area contributed by atoms with Gasteiger partial charge in [-0.25, -0.2) is 14.2 Å². The Morgan fingerprint density at radius 1 is 1.08 bits per heavy atom. The molecule has 0 aliphatic carbocycles. The largest absolute Gasteiger partial charge is 0.496 e. The molecular weight excluding hydrogens is 337 g/mol. The van der Waals surface area contributed by atoms with Crippen LogP contribution in [0.1, 0.15) is 17.5 Å². The number of methoxy groups -OCH3 is 2. The van der Waals surface area contributed by atoms with Crippen LogP contribution in [-0.4, -0.2) is 26.1 Å². The van der Waals surface area contributed by atoms with Crippen LogP contribution < -0.4 is 9.47 Å². The summed E-state index contributed by atoms with van der Waals surface area (Å²) in [5, 5.41) is 0. The minimum Gasteiger partial charge on any atom is -0.496 e. The van der Waals surface area contributed by atoms with E-state index in [1.54, 1.807) is 13.2 Å². The highest BCUT2D eigenvalue weighted by Gasteiger charge is 2.23. The number of hydrogen-bond acceptors (Lipinski definition) is 5. The fourth-order valence-electron chi connectivity index (χ4n) is 2.64. The van der Waals surface area contributed by atoms with E-state index in [-0.39, 0.29) is 11.4 Å². The lowest BCUT2D eigenvalue weighted by molar-refractivity contribution is -0.130. The third kappa shape index (κ3) is 3.91. The summed E-state index contributed by atoms with van der Waals surface area (Å²) in [7, 11) is 3.00. The van der Waals surface area contributed by atoms with E-state index in [0.717, 1.165) is 11.3 Å². The Labute approximate surface area is 150 Å². The van der Waals surface area contributed by atoms with Gasteiger partial charge in [0.25, 0.3) is 0 Å². The molecule has 1 heterocycles. The summed E-state index contributed by atoms with van der Waals surface area (Å²) in [5.41, 5.74) is 1.65. The zero-order chi connectivity index (χ0) is 18.5. The molecule has 0 spiro atoms. The molecule has 0 atom stereocenters. The SMILES string of the molecule is COc1ccc(/C=C2/N=C(CCc3ccccc3OC)OC2=O)cc1F. The molecule has 3 rings (SSSR count). The molecule has 0 saturated carbocycles. The number of carbonyl (C=O) groups is 1. The second kappa shape index (κ2) is 7.82. The number of aliphatic imine (C=N–C) groups is 1. The molecule has 0 N–H and O–H groups in total. The van der Waals surface area contributed by atoms with Gasteiger partial charge in [0.1, 0.15) is 5.75 Å². The molecule has 0 radical (unpaired) electrons. The number of nitrogens with zero attached hydrogens (tertiary/aromatic N) is 1. The van der Waals surface area contributed by atoms with Gasteiger partial charge in [-0.15, -0.1) is 0 Å². The van der Waals surface area contributed by atoms with Crippen LogP contribution in [0.3, 0.4) is 0 Å². The minimum absolute atomic E-state index is 0.141. The Morgan fingerprint density at radius 2 is 1.85 bits per heavy atom. The van der Waals surface area contributed by atoms with Crippen molar-refractivity contribution in [3.8, 4) is 11.5 Å². The molecule has 26 heavy (non-hydrogen) atoms. The van der Waals surface area contributed by atoms with Gasteiger partial charge < -0.3 is 14.2 Å². The summed E-state index contributed by atoms with van der Waals surface area (Å²) in [6, 6.07) is 12.1. The van der Waals surface area contributed by atoms with E-state index in [4.69, 9.17) is 14.2 Å². The van der Waals surface area contributed by atoms with Crippen LogP contribution in [-0.2, 0) is 16.0 Å². The maximum Gasteiger partial charge on any atom is 0.363 e. The van der Waals surface area contributed by atoms with Crippen LogP contribution >= 0.6 is 0 Å². The first-order chi connectivity index (χ1) is 12.6. The Hall–Kier alpha value is -3.15. The normalized spacial score (nSPS) is 15.0. The molecule has 1 aliphatic rings. The van der Waals surface area contributed by atoms with Gasteiger partial charge in [0.15, 0.2) is 23.2 Å². The average molecular weight is 355 g/mol. The van der Waals surface area contributed by atoms with Crippen LogP contribution in [0, 0.1) is 5.82 Å². The maximum atomic E-state index is 13.8. The molecule has 134 valence electrons. The molecule has 6 heteroatoms. The van der Waals surface area contributed by atoms with Crippen molar-refractivity contribution in [2.75, 3.05) is 14.2 Å². The Morgan fingerprint density at radius 3 is 2.58 bits per heavy atom. The van der Waals surface area contributed by atoms with Gasteiger partial charge in [0, 0.05) is 6.42 Å². The van der Waals surface area contributed by atoms with E-state index < -0.39 is 11.8 Å². The third-order valence-corrected chi connectivity index (χ3v) is 3.94. The number of benzene rings is 2. The Balaban J connectivity index is 1.73. The predicted molar refractivity (Wildman–Crippen MR) is 95.8 cm³/mol. The highest BCUT2D eigenvalue weighted by molar-refractivity contribution is 6.07. The smallest absolute Gasteiger partial charge is 0.363 e. The van der Waals surface area contributed by atoms with Crippen LogP contribution in [0.2, 0.25) is 0 Å². The van der Waals surface area contributed by atoms with E-state index >= 15 is 0 Å². The van der Waals surface area contributed by atoms with Crippen LogP contribution in [0.15, 0.2) is 53.2 Å². The van der Waals surface area contributed by atoms with Crippen molar-refractivity contribution >= 4 is 17.9 Å². The molecule has 0 bridgehead atoms. The topological polar surface area (TPSA) is 57.1 Å². The maximum absolute atomic E-state index is 13.8. The highest BCUT2D eigenvalue weighted by atomic mass is 19.1. The average Bonchev–Trinajstić information content (AvgIpc) is 3.00. The Bertz CT molecular complexity index is 889. The van der Waals surface area contributed by atoms with Crippen molar-refractivity contribution in [3.05, 3.63) is 65.1 Å². The van der Waals surface area contributed by atoms with Gasteiger partial charge in [-0.05, 0) is 41.8 Å². The number of esters is 1. The van der Waals surface area contributed by atoms with Crippen molar-refractivity contribution in [1.82, 2.24) is 0 Å². The lowest BCUT2D eigenvalue weighted by Crippen LogP contribution is -2.05. The number of aryl methyl sites for hydroxylation is 1. The standard InChI is InChI=1S/C20H18FNO4/c1-24-17-6-4-3-5-14(17)8-10-19-22-16(20(23)26-19)12-13-7-9-18(25-2)15(21)11-13/h3-7,9,11-12H,8,10H2,1-2H3/b16-12+. The summed E-state index contributed by atoms with van der Waals surface area (Å²) in [6.45, 7) is 0. The van der Waals surface area contributed by atoms with E-state index in [2.05, 4.69) is 4.99 Å². The minimum atomic E-state index is -0.545. The molecule has 0 amide bonds. The van der Waals surface area contributed by atoms with Crippen molar-refractivity contribution in [2.45, 2.75) is 12.8 Å². The van der Waals surface area contributed by atoms with Crippen LogP contribution in [0.4, 0.5) is 4.39 Å². The molecule has 2 aromatic carbocycles. The fourth-order valence-corrected chi connectivity index (χ4v) is 2.64. The molecular formula is C20H18FNO4. The van der Waals surface area contributed by atoms with Crippen molar-refractivity contribution in [3.63, 3.8) is 0 Å². The van der Waals surface area contributed by atoms with Gasteiger partial charge in [0.2, 0.25) is 0 Å². The number of hydrogen-bond donors (Lipinski definition) is 0.